The first-order valence-electron chi connectivity index (χ1n) is 7.21. The molecule has 0 aromatic rings. The minimum atomic E-state index is -2.11. The van der Waals surface area contributed by atoms with Crippen molar-refractivity contribution in [3.8, 4) is 0 Å². The number of esters is 2. The molecule has 3 atom stereocenters. The molecule has 0 radical (unpaired) electrons. The van der Waals surface area contributed by atoms with Gasteiger partial charge in [-0.1, -0.05) is 26.8 Å². The van der Waals surface area contributed by atoms with Gasteiger partial charge in [0, 0.05) is 6.42 Å². The summed E-state index contributed by atoms with van der Waals surface area (Å²) in [6.45, 7) is 10.6. The molecule has 0 amide bonds. The summed E-state index contributed by atoms with van der Waals surface area (Å²) in [6, 6.07) is 0. The summed E-state index contributed by atoms with van der Waals surface area (Å²) < 4.78 is 16.5. The van der Waals surface area contributed by atoms with Gasteiger partial charge in [-0.3, -0.25) is 9.59 Å². The molecule has 3 aliphatic rings. The van der Waals surface area contributed by atoms with E-state index in [4.69, 9.17) is 13.9 Å². The Hall–Kier alpha value is -1.14. The van der Waals surface area contributed by atoms with Crippen LogP contribution in [0.5, 0.6) is 0 Å². The van der Waals surface area contributed by atoms with Crippen LogP contribution < -0.4 is 0 Å². The van der Waals surface area contributed by atoms with Crippen molar-refractivity contribution < 1.29 is 23.5 Å². The van der Waals surface area contributed by atoms with Crippen LogP contribution in [0, 0.1) is 5.41 Å². The van der Waals surface area contributed by atoms with Gasteiger partial charge in [0.25, 0.3) is 0 Å². The summed E-state index contributed by atoms with van der Waals surface area (Å²) in [5, 5.41) is -0.00534. The van der Waals surface area contributed by atoms with Crippen molar-refractivity contribution in [1.29, 1.82) is 0 Å². The molecule has 1 fully saturated rings. The van der Waals surface area contributed by atoms with E-state index >= 15 is 0 Å². The minimum Gasteiger partial charge on any atom is -0.468 e. The first-order valence-corrected chi connectivity index (χ1v) is 10.1. The topological polar surface area (TPSA) is 61.8 Å². The van der Waals surface area contributed by atoms with E-state index in [0.717, 1.165) is 0 Å². The molecule has 0 aromatic carbocycles. The number of hydrogen-bond donors (Lipinski definition) is 0. The van der Waals surface area contributed by atoms with Crippen LogP contribution in [0.15, 0.2) is 12.2 Å². The predicted molar refractivity (Wildman–Crippen MR) is 80.2 cm³/mol. The molecule has 0 N–H and O–H groups in total. The number of hydrogen-bond acceptors (Lipinski definition) is 5. The predicted octanol–water partition coefficient (Wildman–Crippen LogP) is 2.42. The highest BCUT2D eigenvalue weighted by Crippen LogP contribution is 2.46. The number of rotatable bonds is 3. The highest BCUT2D eigenvalue weighted by Gasteiger charge is 2.61. The van der Waals surface area contributed by atoms with Crippen LogP contribution >= 0.6 is 0 Å². The average Bonchev–Trinajstić information content (AvgIpc) is 2.36. The van der Waals surface area contributed by atoms with E-state index in [0.29, 0.717) is 6.42 Å². The Morgan fingerprint density at radius 2 is 2.05 bits per heavy atom. The van der Waals surface area contributed by atoms with Crippen LogP contribution in [0.25, 0.3) is 0 Å². The van der Waals surface area contributed by atoms with Gasteiger partial charge in [0.15, 0.2) is 8.32 Å². The highest BCUT2D eigenvalue weighted by molar-refractivity contribution is 6.74. The average molecular weight is 312 g/mol. The number of carbonyl (C=O) groups excluding carboxylic acids is 2. The summed E-state index contributed by atoms with van der Waals surface area (Å²) in [7, 11) is -0.834. The van der Waals surface area contributed by atoms with Gasteiger partial charge in [-0.15, -0.1) is 0 Å². The fraction of sp³-hybridized carbons (Fsp3) is 0.733. The van der Waals surface area contributed by atoms with E-state index < -0.39 is 31.8 Å². The van der Waals surface area contributed by atoms with Crippen molar-refractivity contribution in [3.05, 3.63) is 12.2 Å². The zero-order chi connectivity index (χ0) is 16.1. The second-order valence-electron chi connectivity index (χ2n) is 7.27. The largest absolute Gasteiger partial charge is 0.468 e. The lowest BCUT2D eigenvalue weighted by atomic mass is 9.73. The SMILES string of the molecule is COC(=O)[C@]12C=C[C@H](C[C@@H]1O[Si](C)(C)C(C)(C)C)OC2=O. The lowest BCUT2D eigenvalue weighted by molar-refractivity contribution is -0.188. The van der Waals surface area contributed by atoms with E-state index in [9.17, 15) is 9.59 Å². The third kappa shape index (κ3) is 2.44. The zero-order valence-corrected chi connectivity index (χ0v) is 14.6. The quantitative estimate of drug-likeness (QED) is 0.347. The molecule has 2 bridgehead atoms. The van der Waals surface area contributed by atoms with Crippen LogP contribution in [0.1, 0.15) is 27.2 Å². The maximum Gasteiger partial charge on any atom is 0.330 e. The Morgan fingerprint density at radius 1 is 1.43 bits per heavy atom. The summed E-state index contributed by atoms with van der Waals surface area (Å²) in [5.41, 5.74) is -1.45. The first-order chi connectivity index (χ1) is 9.54. The second kappa shape index (κ2) is 4.95. The van der Waals surface area contributed by atoms with Gasteiger partial charge in [0.1, 0.15) is 6.10 Å². The Kier molecular flexibility index (Phi) is 3.83. The molecule has 0 saturated carbocycles. The third-order valence-corrected chi connectivity index (χ3v) is 9.38. The molecular weight excluding hydrogens is 288 g/mol. The maximum atomic E-state index is 12.3. The van der Waals surface area contributed by atoms with Crippen molar-refractivity contribution in [2.75, 3.05) is 7.11 Å². The van der Waals surface area contributed by atoms with Crippen LogP contribution in [0.3, 0.4) is 0 Å². The van der Waals surface area contributed by atoms with Crippen molar-refractivity contribution in [2.24, 2.45) is 5.41 Å². The van der Waals surface area contributed by atoms with E-state index in [2.05, 4.69) is 33.9 Å². The van der Waals surface area contributed by atoms with Crippen molar-refractivity contribution >= 4 is 20.3 Å². The van der Waals surface area contributed by atoms with Crippen LogP contribution in [0.4, 0.5) is 0 Å². The van der Waals surface area contributed by atoms with Gasteiger partial charge >= 0.3 is 11.9 Å². The molecule has 0 unspecified atom stereocenters. The number of methoxy groups -OCH3 is 1. The fourth-order valence-corrected chi connectivity index (χ4v) is 3.84. The van der Waals surface area contributed by atoms with Crippen LogP contribution in [-0.2, 0) is 23.5 Å². The van der Waals surface area contributed by atoms with Crippen molar-refractivity contribution in [1.82, 2.24) is 0 Å². The van der Waals surface area contributed by atoms with E-state index in [1.54, 1.807) is 12.2 Å². The summed E-state index contributed by atoms with van der Waals surface area (Å²) in [6.07, 6.45) is 3.05. The van der Waals surface area contributed by atoms with Gasteiger partial charge < -0.3 is 13.9 Å². The van der Waals surface area contributed by atoms with Crippen molar-refractivity contribution in [3.63, 3.8) is 0 Å². The van der Waals surface area contributed by atoms with Gasteiger partial charge in [0.05, 0.1) is 13.2 Å². The molecule has 2 aliphatic heterocycles. The molecular formula is C15H24O5Si. The maximum absolute atomic E-state index is 12.3. The molecule has 21 heavy (non-hydrogen) atoms. The van der Waals surface area contributed by atoms with Crippen LogP contribution in [-0.4, -0.2) is 39.6 Å². The summed E-state index contributed by atoms with van der Waals surface area (Å²) in [5.74, 6) is -1.16. The summed E-state index contributed by atoms with van der Waals surface area (Å²) >= 11 is 0. The molecule has 6 heteroatoms. The zero-order valence-electron chi connectivity index (χ0n) is 13.6. The van der Waals surface area contributed by atoms with Gasteiger partial charge in [0.2, 0.25) is 5.41 Å². The second-order valence-corrected chi connectivity index (χ2v) is 12.0. The van der Waals surface area contributed by atoms with E-state index in [-0.39, 0.29) is 11.1 Å². The van der Waals surface area contributed by atoms with E-state index in [1.165, 1.54) is 7.11 Å². The van der Waals surface area contributed by atoms with E-state index in [1.807, 2.05) is 0 Å². The van der Waals surface area contributed by atoms with Crippen molar-refractivity contribution in [2.45, 2.75) is 57.5 Å². The standard InChI is InChI=1S/C15H24O5Si/c1-14(2,3)21(5,6)20-11-9-10-7-8-15(11,12(16)18-4)13(17)19-10/h7-8,10-11H,9H2,1-6H3/t10-,11+,15+/m1/s1. The van der Waals surface area contributed by atoms with Gasteiger partial charge in [-0.05, 0) is 24.2 Å². The molecule has 0 aromatic heterocycles. The normalized spacial score (nSPS) is 32.0. The fourth-order valence-electron chi connectivity index (χ4n) is 2.49. The summed E-state index contributed by atoms with van der Waals surface area (Å²) in [4.78, 5) is 24.5. The Morgan fingerprint density at radius 3 is 2.52 bits per heavy atom. The van der Waals surface area contributed by atoms with Crippen LogP contribution in [0.2, 0.25) is 18.1 Å². The number of ether oxygens (including phenoxy) is 2. The Balaban J connectivity index is 2.38. The Labute approximate surface area is 126 Å². The molecule has 3 rings (SSSR count). The molecule has 1 aliphatic carbocycles. The lowest BCUT2D eigenvalue weighted by Crippen LogP contribution is -2.61. The monoisotopic (exact) mass is 312 g/mol. The molecule has 2 heterocycles. The molecule has 5 nitrogen and oxygen atoms in total. The third-order valence-electron chi connectivity index (χ3n) is 4.89. The molecule has 1 saturated heterocycles. The number of carbonyl (C=O) groups is 2. The van der Waals surface area contributed by atoms with Gasteiger partial charge in [-0.2, -0.15) is 0 Å². The Bertz CT molecular complexity index is 491. The molecule has 0 spiro atoms. The number of fused-ring (bicyclic) bond motifs is 2. The highest BCUT2D eigenvalue weighted by atomic mass is 28.4. The smallest absolute Gasteiger partial charge is 0.330 e. The minimum absolute atomic E-state index is 0.00534. The van der Waals surface area contributed by atoms with Gasteiger partial charge in [-0.25, -0.2) is 0 Å². The first kappa shape index (κ1) is 16.2. The molecule has 118 valence electrons. The lowest BCUT2D eigenvalue weighted by Gasteiger charge is -2.48.